The molecule has 0 aliphatic carbocycles. The number of pyridine rings is 2. The Labute approximate surface area is 815 Å². The van der Waals surface area contributed by atoms with E-state index in [1.807, 2.05) is 217 Å². The Bertz CT molecular complexity index is 4860. The van der Waals surface area contributed by atoms with Crippen molar-refractivity contribution in [2.24, 2.45) is 23.7 Å². The summed E-state index contributed by atoms with van der Waals surface area (Å²) in [4.78, 5) is 145. The van der Waals surface area contributed by atoms with Crippen LogP contribution in [0.1, 0.15) is 328 Å². The first-order chi connectivity index (χ1) is 63.5. The number of ether oxygens (including phenoxy) is 11. The van der Waals surface area contributed by atoms with Crippen LogP contribution in [-0.4, -0.2) is 135 Å². The Morgan fingerprint density at radius 1 is 0.285 bits per heavy atom. The number of aryl methyl sites for hydroxylation is 6. The normalized spacial score (nSPS) is 13.6. The van der Waals surface area contributed by atoms with E-state index in [2.05, 4.69) is 49.5 Å². The summed E-state index contributed by atoms with van der Waals surface area (Å²) in [7, 11) is 0. The molecule has 28 heteroatoms. The van der Waals surface area contributed by atoms with Gasteiger partial charge in [0.25, 0.3) is 0 Å². The molecule has 4 N–H and O–H groups in total. The summed E-state index contributed by atoms with van der Waals surface area (Å²) in [5.41, 5.74) is 1.07. The molecule has 0 fully saturated rings. The third-order valence-electron chi connectivity index (χ3n) is 20.1. The first kappa shape index (κ1) is 118. The summed E-state index contributed by atoms with van der Waals surface area (Å²) in [6.45, 7) is 53.2. The Hall–Kier alpha value is -11.6. The lowest BCUT2D eigenvalue weighted by atomic mass is 9.93. The van der Waals surface area contributed by atoms with E-state index in [1.54, 1.807) is 104 Å². The highest BCUT2D eigenvalue weighted by Gasteiger charge is 2.35. The van der Waals surface area contributed by atoms with Crippen molar-refractivity contribution in [1.82, 2.24) is 21.3 Å². The zero-order chi connectivity index (χ0) is 103. The van der Waals surface area contributed by atoms with Gasteiger partial charge in [-0.1, -0.05) is 142 Å². The maximum absolute atomic E-state index is 13.7. The van der Waals surface area contributed by atoms with E-state index < -0.39 is 117 Å². The monoisotopic (exact) mass is 1910 g/mol. The minimum Gasteiger partial charge on any atom is -0.461 e. The predicted molar refractivity (Wildman–Crippen MR) is 524 cm³/mol. The molecular formula is C109H160N6O22+2. The number of hydrogen-bond acceptors (Lipinski definition) is 22. The number of nitrogens with zero attached hydrogens (tertiary/aromatic N) is 2. The first-order valence-electron chi connectivity index (χ1n) is 48.1. The summed E-state index contributed by atoms with van der Waals surface area (Å²) in [6, 6.07) is 24.7. The van der Waals surface area contributed by atoms with Crippen LogP contribution in [0.5, 0.6) is 0 Å². The van der Waals surface area contributed by atoms with E-state index in [9.17, 15) is 52.7 Å². The summed E-state index contributed by atoms with van der Waals surface area (Å²) >= 11 is 0. The number of esters is 7. The van der Waals surface area contributed by atoms with Gasteiger partial charge in [0.15, 0.2) is 24.8 Å². The Balaban J connectivity index is 0.000000573. The molecule has 28 nitrogen and oxygen atoms in total. The third-order valence-corrected chi connectivity index (χ3v) is 20.1. The van der Waals surface area contributed by atoms with Crippen molar-refractivity contribution >= 4 is 66.2 Å². The number of nitrogens with one attached hydrogen (secondary N) is 4. The number of carbonyl (C=O) groups is 11. The van der Waals surface area contributed by atoms with Gasteiger partial charge >= 0.3 is 66.2 Å². The third kappa shape index (κ3) is 52.0. The lowest BCUT2D eigenvalue weighted by Gasteiger charge is -2.26. The fourth-order valence-corrected chi connectivity index (χ4v) is 13.4. The van der Waals surface area contributed by atoms with Crippen LogP contribution in [0.15, 0.2) is 116 Å². The predicted octanol–water partition coefficient (Wildman–Crippen LogP) is 19.2. The van der Waals surface area contributed by atoms with E-state index in [-0.39, 0.29) is 87.3 Å². The second-order valence-electron chi connectivity index (χ2n) is 43.2. The quantitative estimate of drug-likeness (QED) is 0.00928. The average molecular weight is 1910 g/mol. The fourth-order valence-electron chi connectivity index (χ4n) is 13.4. The first-order valence-corrected chi connectivity index (χ1v) is 48.1. The van der Waals surface area contributed by atoms with Crippen molar-refractivity contribution < 1.29 is 114 Å². The Morgan fingerprint density at radius 3 is 0.869 bits per heavy atom. The van der Waals surface area contributed by atoms with Crippen molar-refractivity contribution in [1.29, 1.82) is 0 Å². The zero-order valence-corrected chi connectivity index (χ0v) is 87.3. The number of amides is 4. The lowest BCUT2D eigenvalue weighted by molar-refractivity contribution is -0.698. The van der Waals surface area contributed by atoms with Gasteiger partial charge in [-0.3, -0.25) is 19.2 Å². The van der Waals surface area contributed by atoms with Gasteiger partial charge in [-0.2, -0.15) is 0 Å². The largest absolute Gasteiger partial charge is 0.461 e. The molecule has 0 aliphatic heterocycles. The van der Waals surface area contributed by atoms with Crippen molar-refractivity contribution in [2.45, 2.75) is 405 Å². The number of benzene rings is 3. The van der Waals surface area contributed by atoms with E-state index in [4.69, 9.17) is 52.1 Å². The van der Waals surface area contributed by atoms with Crippen LogP contribution in [0.2, 0.25) is 0 Å². The second kappa shape index (κ2) is 55.1. The second-order valence-corrected chi connectivity index (χ2v) is 43.2. The molecular weight excluding hydrogens is 1750 g/mol. The highest BCUT2D eigenvalue weighted by atomic mass is 16.6. The molecule has 756 valence electrons. The number of rotatable bonds is 41. The van der Waals surface area contributed by atoms with Crippen LogP contribution in [0.25, 0.3) is 0 Å². The topological polar surface area (TPSA) is 345 Å². The molecule has 0 spiro atoms. The van der Waals surface area contributed by atoms with Crippen molar-refractivity contribution in [3.8, 4) is 23.7 Å². The highest BCUT2D eigenvalue weighted by molar-refractivity contribution is 5.84. The zero-order valence-electron chi connectivity index (χ0n) is 87.3. The van der Waals surface area contributed by atoms with Crippen LogP contribution in [0.4, 0.5) is 19.2 Å². The number of aromatic nitrogens is 2. The van der Waals surface area contributed by atoms with Gasteiger partial charge in [0.1, 0.15) is 95.8 Å². The van der Waals surface area contributed by atoms with Gasteiger partial charge in [-0.15, -0.1) is 0 Å². The molecule has 2 aromatic heterocycles. The summed E-state index contributed by atoms with van der Waals surface area (Å²) in [6.07, 6.45) is 12.2. The number of alkyl carbamates (subject to hydrolysis) is 4. The summed E-state index contributed by atoms with van der Waals surface area (Å²) in [5, 5.41) is 11.0. The van der Waals surface area contributed by atoms with Gasteiger partial charge in [-0.05, 0) is 267 Å². The molecule has 5 rings (SSSR count). The molecule has 0 aliphatic rings. The maximum Gasteiger partial charge on any atom is 0.408 e. The molecule has 0 saturated heterocycles. The van der Waals surface area contributed by atoms with Crippen LogP contribution in [0, 0.1) is 47.4 Å². The summed E-state index contributed by atoms with van der Waals surface area (Å²) < 4.78 is 65.8. The molecule has 5 aromatic rings. The summed E-state index contributed by atoms with van der Waals surface area (Å²) in [5.74, 6) is 8.32. The van der Waals surface area contributed by atoms with Crippen LogP contribution >= 0.6 is 0 Å². The van der Waals surface area contributed by atoms with E-state index in [0.29, 0.717) is 87.6 Å². The highest BCUT2D eigenvalue weighted by Crippen LogP contribution is 2.27. The minimum absolute atomic E-state index is 0.00528. The maximum atomic E-state index is 13.7. The van der Waals surface area contributed by atoms with Crippen molar-refractivity contribution in [2.75, 3.05) is 0 Å². The lowest BCUT2D eigenvalue weighted by Crippen LogP contribution is -2.46. The molecule has 2 heterocycles. The van der Waals surface area contributed by atoms with Crippen molar-refractivity contribution in [3.05, 3.63) is 166 Å². The Morgan fingerprint density at radius 2 is 0.540 bits per heavy atom. The SMILES string of the molecule is C[C@@H](CCCC[n+]1cc(CC[C@H](NC(=O)OC(C)(C)C)C(=O)OC(C)(C)C)c(C#CC[C@H](NC(=O)OC(C)(C)C)C(=O)OC(C)(C)C)c(CC[C@H](C)C(=O)OC(C)(C)C)c1)C(=O)OC(C)(C)C.C[C@H](CCc1c[n+](CCCC[C@H](C)C(=O)OCc2ccccc2)cc(CC[C@H](C)C(=O)OCc2ccccc2)c1C#CC[C@H](NC(=O)OC(C)(C)C)C(=O)OCc1ccccc1)NC(=O)OC(C)(C)C. The standard InChI is InChI=1S/C57H73N3O10.C52H85N3O12/c1-41(51(61)66-38-44-23-13-10-14-24-44)22-19-20-35-60-36-47(33-31-42(2)52(62)67-39-45-25-15-11-16-26-45)49(48(37-60)34-32-43(3)58-54(64)69-56(4,5)6)29-21-30-50(59-55(65)70-57(7,8)9)53(63)68-40-46-27-17-12-18-28-46;1-34(41(56)62-47(3,4)5)24-21-22-31-55-32-36(28-27-35(2)42(57)63-48(6,7)8)38(25-23-26-39(43(58)64-49(9,10)11)53-45(60)66-51(15,16)17)37(33-55)29-30-40(44(59)65-50(12,13)14)54-46(61)67-52(18,19)20/h10-18,23-28,36-37,41-43,50H,19-20,22,30-35,38-40H2,1-9H3,(H-,58,59,64,65);32-35,39-40H,21-22,24,26-31H2,1-20H3,(H-,53,54,60,61)/p+2/t41-,42-,43+,50-;34-,35-,39-,40-/m00/s1. The average Bonchev–Trinajstić information content (AvgIpc) is 0.818. The molecule has 0 saturated carbocycles. The van der Waals surface area contributed by atoms with E-state index in [1.165, 1.54) is 0 Å². The molecule has 0 unspecified atom stereocenters. The van der Waals surface area contributed by atoms with Gasteiger partial charge in [0.05, 0.1) is 23.7 Å². The van der Waals surface area contributed by atoms with Gasteiger partial charge < -0.3 is 73.4 Å². The smallest absolute Gasteiger partial charge is 0.408 e. The molecule has 8 atom stereocenters. The van der Waals surface area contributed by atoms with Crippen LogP contribution < -0.4 is 30.4 Å². The minimum atomic E-state index is -1.19. The fraction of sp³-hybridized carbons (Fsp3) is 0.606. The van der Waals surface area contributed by atoms with E-state index >= 15 is 0 Å². The van der Waals surface area contributed by atoms with E-state index in [0.717, 1.165) is 52.6 Å². The van der Waals surface area contributed by atoms with Crippen LogP contribution in [-0.2, 0) is 144 Å². The molecule has 0 radical (unpaired) electrons. The number of hydrogen-bond donors (Lipinski definition) is 4. The molecule has 137 heavy (non-hydrogen) atoms. The van der Waals surface area contributed by atoms with Gasteiger partial charge in [0, 0.05) is 65.1 Å². The van der Waals surface area contributed by atoms with Crippen LogP contribution in [0.3, 0.4) is 0 Å². The number of carbonyl (C=O) groups excluding carboxylic acids is 11. The molecule has 4 amide bonds. The number of unbranched alkanes of at least 4 members (excludes halogenated alkanes) is 2. The molecule has 0 bridgehead atoms. The van der Waals surface area contributed by atoms with Gasteiger partial charge in [-0.25, -0.2) is 42.7 Å². The Kier molecular flexibility index (Phi) is 47.4. The van der Waals surface area contributed by atoms with Gasteiger partial charge in [0.2, 0.25) is 0 Å². The van der Waals surface area contributed by atoms with Crippen molar-refractivity contribution in [3.63, 3.8) is 0 Å². The molecule has 3 aromatic carbocycles.